The molecule has 9 heteroatoms. The van der Waals surface area contributed by atoms with Crippen LogP contribution in [0.1, 0.15) is 32.1 Å². The number of rotatable bonds is 5. The molecule has 1 amide bonds. The molecule has 0 aliphatic carbocycles. The van der Waals surface area contributed by atoms with E-state index in [9.17, 15) is 17.6 Å². The summed E-state index contributed by atoms with van der Waals surface area (Å²) in [5, 5.41) is 0. The predicted molar refractivity (Wildman–Crippen MR) is 92.4 cm³/mol. The molecular formula is C17H23FN2O5S. The van der Waals surface area contributed by atoms with Crippen molar-refractivity contribution >= 4 is 16.4 Å². The summed E-state index contributed by atoms with van der Waals surface area (Å²) in [7, 11) is -4.38. The molecule has 1 aromatic carbocycles. The van der Waals surface area contributed by atoms with E-state index in [0.717, 1.165) is 56.6 Å². The largest absolute Gasteiger partial charge is 0.448 e. The fourth-order valence-corrected chi connectivity index (χ4v) is 4.39. The number of nitrogens with zero attached hydrogens (tertiary/aromatic N) is 1. The van der Waals surface area contributed by atoms with Crippen LogP contribution in [0.4, 0.5) is 9.18 Å². The van der Waals surface area contributed by atoms with E-state index in [-0.39, 0.29) is 18.3 Å². The molecule has 0 radical (unpaired) electrons. The summed E-state index contributed by atoms with van der Waals surface area (Å²) in [5.41, 5.74) is 0. The summed E-state index contributed by atoms with van der Waals surface area (Å²) in [4.78, 5) is 14.3. The van der Waals surface area contributed by atoms with Gasteiger partial charge in [0.25, 0.3) is 0 Å². The van der Waals surface area contributed by atoms with Gasteiger partial charge >= 0.3 is 16.4 Å². The van der Waals surface area contributed by atoms with Crippen molar-refractivity contribution in [3.05, 3.63) is 30.1 Å². The predicted octanol–water partition coefficient (Wildman–Crippen LogP) is 2.44. The van der Waals surface area contributed by atoms with Gasteiger partial charge in [0.2, 0.25) is 0 Å². The molecule has 26 heavy (non-hydrogen) atoms. The van der Waals surface area contributed by atoms with Gasteiger partial charge in [-0.2, -0.15) is 13.1 Å². The van der Waals surface area contributed by atoms with E-state index in [4.69, 9.17) is 8.92 Å². The first-order chi connectivity index (χ1) is 12.4. The lowest BCUT2D eigenvalue weighted by molar-refractivity contribution is 0.0244. The number of carbonyl (C=O) groups excluding carboxylic acids is 1. The minimum absolute atomic E-state index is 0.100. The lowest BCUT2D eigenvalue weighted by Gasteiger charge is -2.44. The first kappa shape index (κ1) is 18.9. The van der Waals surface area contributed by atoms with Crippen molar-refractivity contribution in [1.29, 1.82) is 0 Å². The lowest BCUT2D eigenvalue weighted by Crippen LogP contribution is -2.49. The van der Waals surface area contributed by atoms with Crippen molar-refractivity contribution in [2.75, 3.05) is 19.7 Å². The van der Waals surface area contributed by atoms with Gasteiger partial charge in [-0.3, -0.25) is 4.90 Å². The number of fused-ring (bicyclic) bond motifs is 1. The van der Waals surface area contributed by atoms with Gasteiger partial charge in [0, 0.05) is 12.0 Å². The fourth-order valence-electron chi connectivity index (χ4n) is 3.72. The van der Waals surface area contributed by atoms with Crippen LogP contribution in [0.25, 0.3) is 0 Å². The van der Waals surface area contributed by atoms with E-state index in [2.05, 4.69) is 4.90 Å². The highest BCUT2D eigenvalue weighted by Crippen LogP contribution is 2.31. The molecule has 144 valence electrons. The summed E-state index contributed by atoms with van der Waals surface area (Å²) in [6, 6.07) is 4.82. The molecule has 0 saturated carbocycles. The van der Waals surface area contributed by atoms with Crippen LogP contribution in [0, 0.1) is 11.7 Å². The monoisotopic (exact) mass is 386 g/mol. The van der Waals surface area contributed by atoms with Crippen LogP contribution in [-0.4, -0.2) is 45.1 Å². The van der Waals surface area contributed by atoms with E-state index >= 15 is 0 Å². The van der Waals surface area contributed by atoms with Gasteiger partial charge in [-0.05, 0) is 63.0 Å². The molecule has 0 aromatic heterocycles. The Morgan fingerprint density at radius 1 is 1.15 bits per heavy atom. The molecule has 1 aromatic rings. The van der Waals surface area contributed by atoms with Crippen LogP contribution in [0.15, 0.2) is 24.3 Å². The molecule has 7 nitrogen and oxygen atoms in total. The Morgan fingerprint density at radius 3 is 2.65 bits per heavy atom. The highest BCUT2D eigenvalue weighted by atomic mass is 32.2. The molecule has 0 spiro atoms. The second-order valence-electron chi connectivity index (χ2n) is 6.69. The molecule has 2 aliphatic rings. The van der Waals surface area contributed by atoms with Crippen LogP contribution in [0.3, 0.4) is 0 Å². The van der Waals surface area contributed by atoms with Crippen LogP contribution < -0.4 is 8.91 Å². The number of piperidine rings is 2. The standard InChI is InChI=1S/C17H23FN2O5S/c18-14-6-8-15(9-7-14)25-26(22,23)19-17(21)24-12-13-4-3-11-20-10-2-1-5-16(13)20/h6-9,13,16H,1-5,10-12H2,(H,19,21). The Labute approximate surface area is 152 Å². The molecule has 2 unspecified atom stereocenters. The summed E-state index contributed by atoms with van der Waals surface area (Å²) in [6.45, 7) is 2.33. The Kier molecular flexibility index (Phi) is 5.98. The molecular weight excluding hydrogens is 363 g/mol. The van der Waals surface area contributed by atoms with Crippen molar-refractivity contribution < 1.29 is 26.5 Å². The molecule has 2 fully saturated rings. The third kappa shape index (κ3) is 5.07. The summed E-state index contributed by atoms with van der Waals surface area (Å²) in [6.07, 6.45) is 4.40. The number of ether oxygens (including phenoxy) is 1. The van der Waals surface area contributed by atoms with Gasteiger partial charge < -0.3 is 8.92 Å². The van der Waals surface area contributed by atoms with Gasteiger partial charge in [-0.1, -0.05) is 6.42 Å². The zero-order valence-electron chi connectivity index (χ0n) is 14.4. The van der Waals surface area contributed by atoms with E-state index in [1.54, 1.807) is 4.72 Å². The molecule has 2 saturated heterocycles. The van der Waals surface area contributed by atoms with Crippen molar-refractivity contribution in [2.24, 2.45) is 5.92 Å². The maximum Gasteiger partial charge on any atom is 0.423 e. The number of hydrogen-bond donors (Lipinski definition) is 1. The van der Waals surface area contributed by atoms with Gasteiger partial charge in [0.05, 0.1) is 6.61 Å². The first-order valence-electron chi connectivity index (χ1n) is 8.81. The van der Waals surface area contributed by atoms with E-state index < -0.39 is 22.2 Å². The average molecular weight is 386 g/mol. The maximum absolute atomic E-state index is 12.8. The minimum Gasteiger partial charge on any atom is -0.448 e. The van der Waals surface area contributed by atoms with Gasteiger partial charge in [-0.15, -0.1) is 0 Å². The molecule has 3 rings (SSSR count). The highest BCUT2D eigenvalue weighted by molar-refractivity contribution is 7.85. The number of halogens is 1. The molecule has 0 bridgehead atoms. The van der Waals surface area contributed by atoms with Crippen molar-refractivity contribution in [2.45, 2.75) is 38.1 Å². The molecule has 2 atom stereocenters. The van der Waals surface area contributed by atoms with Crippen LogP contribution in [-0.2, 0) is 15.0 Å². The Hall–Kier alpha value is -1.87. The number of hydrogen-bond acceptors (Lipinski definition) is 6. The van der Waals surface area contributed by atoms with Gasteiger partial charge in [-0.25, -0.2) is 9.18 Å². The third-order valence-electron chi connectivity index (χ3n) is 4.89. The highest BCUT2D eigenvalue weighted by Gasteiger charge is 2.33. The smallest absolute Gasteiger partial charge is 0.423 e. The number of carbonyl (C=O) groups is 1. The quantitative estimate of drug-likeness (QED) is 0.837. The Balaban J connectivity index is 1.49. The average Bonchev–Trinajstić information content (AvgIpc) is 2.61. The SMILES string of the molecule is O=C(NS(=O)(=O)Oc1ccc(F)cc1)OCC1CCCN2CCCCC12. The molecule has 2 aliphatic heterocycles. The van der Waals surface area contributed by atoms with Crippen molar-refractivity contribution in [1.82, 2.24) is 9.62 Å². The first-order valence-corrected chi connectivity index (χ1v) is 10.2. The molecule has 2 heterocycles. The van der Waals surface area contributed by atoms with Crippen LogP contribution >= 0.6 is 0 Å². The topological polar surface area (TPSA) is 84.9 Å². The van der Waals surface area contributed by atoms with Crippen LogP contribution in [0.5, 0.6) is 5.75 Å². The summed E-state index contributed by atoms with van der Waals surface area (Å²) < 4.78 is 48.0. The Bertz CT molecular complexity index is 723. The molecule has 1 N–H and O–H groups in total. The third-order valence-corrected chi connectivity index (χ3v) is 5.71. The number of benzene rings is 1. The van der Waals surface area contributed by atoms with E-state index in [0.29, 0.717) is 6.04 Å². The Morgan fingerprint density at radius 2 is 1.88 bits per heavy atom. The number of nitrogens with one attached hydrogen (secondary N) is 1. The lowest BCUT2D eigenvalue weighted by atomic mass is 9.84. The van der Waals surface area contributed by atoms with Gasteiger partial charge in [0.1, 0.15) is 11.6 Å². The van der Waals surface area contributed by atoms with E-state index in [1.807, 2.05) is 0 Å². The zero-order valence-corrected chi connectivity index (χ0v) is 15.2. The zero-order chi connectivity index (χ0) is 18.6. The normalized spacial score (nSPS) is 23.7. The van der Waals surface area contributed by atoms with Crippen LogP contribution in [0.2, 0.25) is 0 Å². The second kappa shape index (κ2) is 8.22. The maximum atomic E-state index is 12.8. The van der Waals surface area contributed by atoms with Gasteiger partial charge in [0.15, 0.2) is 0 Å². The fraction of sp³-hybridized carbons (Fsp3) is 0.588. The second-order valence-corrected chi connectivity index (χ2v) is 7.97. The minimum atomic E-state index is -4.38. The summed E-state index contributed by atoms with van der Waals surface area (Å²) >= 11 is 0. The van der Waals surface area contributed by atoms with E-state index in [1.165, 1.54) is 12.8 Å². The number of amides is 1. The van der Waals surface area contributed by atoms with Crippen molar-refractivity contribution in [3.8, 4) is 5.75 Å². The summed E-state index contributed by atoms with van der Waals surface area (Å²) in [5.74, 6) is -0.404. The van der Waals surface area contributed by atoms with Crippen molar-refractivity contribution in [3.63, 3.8) is 0 Å².